The Kier molecular flexibility index (Phi) is 6.39. The van der Waals surface area contributed by atoms with Crippen LogP contribution in [0.3, 0.4) is 0 Å². The van der Waals surface area contributed by atoms with Crippen LogP contribution in [-0.4, -0.2) is 48.0 Å². The molecule has 1 aliphatic rings. The number of carbonyl (C=O) groups excluding carboxylic acids is 2. The number of rotatable bonds is 5. The molecular weight excluding hydrogens is 356 g/mol. The van der Waals surface area contributed by atoms with E-state index in [0.29, 0.717) is 25.4 Å². The predicted octanol–water partition coefficient (Wildman–Crippen LogP) is 1.69. The molecule has 1 atom stereocenters. The summed E-state index contributed by atoms with van der Waals surface area (Å²) in [5.74, 6) is -0.0345. The van der Waals surface area contributed by atoms with Crippen LogP contribution in [0.5, 0.6) is 0 Å². The molecule has 2 heterocycles. The van der Waals surface area contributed by atoms with E-state index in [2.05, 4.69) is 17.4 Å². The molecule has 2 amide bonds. The average Bonchev–Trinajstić information content (AvgIpc) is 3.28. The Balaban J connectivity index is 0.00000243. The number of nitrogens with zero attached hydrogens (tertiary/aromatic N) is 2. The van der Waals surface area contributed by atoms with E-state index in [4.69, 9.17) is 10.3 Å². The van der Waals surface area contributed by atoms with Crippen LogP contribution in [0.25, 0.3) is 11.3 Å². The number of carbonyl (C=O) groups is 2. The van der Waals surface area contributed by atoms with Crippen molar-refractivity contribution >= 4 is 24.2 Å². The molecule has 3 N–H and O–H groups in total. The van der Waals surface area contributed by atoms with Gasteiger partial charge >= 0.3 is 0 Å². The lowest BCUT2D eigenvalue weighted by molar-refractivity contribution is -0.129. The highest BCUT2D eigenvalue weighted by atomic mass is 35.5. The molecule has 7 nitrogen and oxygen atoms in total. The summed E-state index contributed by atoms with van der Waals surface area (Å²) in [6.45, 7) is 3.85. The quantitative estimate of drug-likeness (QED) is 0.824. The molecule has 1 aromatic heterocycles. The third-order valence-corrected chi connectivity index (χ3v) is 4.60. The van der Waals surface area contributed by atoms with Crippen molar-refractivity contribution in [2.24, 2.45) is 11.1 Å². The third kappa shape index (κ3) is 4.42. The molecule has 0 spiro atoms. The fourth-order valence-electron chi connectivity index (χ4n) is 2.88. The van der Waals surface area contributed by atoms with Gasteiger partial charge in [-0.2, -0.15) is 0 Å². The van der Waals surface area contributed by atoms with Crippen molar-refractivity contribution in [3.63, 3.8) is 0 Å². The average molecular weight is 379 g/mol. The van der Waals surface area contributed by atoms with Crippen LogP contribution in [0.1, 0.15) is 23.8 Å². The molecule has 1 unspecified atom stereocenters. The van der Waals surface area contributed by atoms with Crippen molar-refractivity contribution in [3.05, 3.63) is 42.1 Å². The Morgan fingerprint density at radius 1 is 1.35 bits per heavy atom. The number of halogens is 1. The van der Waals surface area contributed by atoms with Crippen molar-refractivity contribution in [2.75, 3.05) is 26.2 Å². The normalized spacial score (nSPS) is 19.1. The van der Waals surface area contributed by atoms with Gasteiger partial charge in [-0.25, -0.2) is 0 Å². The van der Waals surface area contributed by atoms with Crippen LogP contribution in [-0.2, 0) is 4.79 Å². The Labute approximate surface area is 158 Å². The SMILES string of the molecule is CC1(CN)CCN(C(=O)CNC(=O)c2cc(-c3ccccc3)on2)C1.Cl. The van der Waals surface area contributed by atoms with E-state index in [9.17, 15) is 9.59 Å². The number of nitrogens with one attached hydrogen (secondary N) is 1. The largest absolute Gasteiger partial charge is 0.355 e. The van der Waals surface area contributed by atoms with E-state index in [1.54, 1.807) is 11.0 Å². The van der Waals surface area contributed by atoms with Crippen molar-refractivity contribution in [3.8, 4) is 11.3 Å². The van der Waals surface area contributed by atoms with Gasteiger partial charge in [0.1, 0.15) is 0 Å². The van der Waals surface area contributed by atoms with E-state index in [0.717, 1.165) is 12.0 Å². The van der Waals surface area contributed by atoms with Crippen LogP contribution < -0.4 is 11.1 Å². The van der Waals surface area contributed by atoms with E-state index >= 15 is 0 Å². The zero-order valence-electron chi connectivity index (χ0n) is 14.6. The van der Waals surface area contributed by atoms with Crippen molar-refractivity contribution < 1.29 is 14.1 Å². The van der Waals surface area contributed by atoms with Gasteiger partial charge in [0.2, 0.25) is 5.91 Å². The molecule has 1 saturated heterocycles. The lowest BCUT2D eigenvalue weighted by Gasteiger charge is -2.22. The first-order valence-electron chi connectivity index (χ1n) is 8.29. The minimum atomic E-state index is -0.430. The van der Waals surface area contributed by atoms with Gasteiger partial charge in [0, 0.05) is 24.7 Å². The van der Waals surface area contributed by atoms with E-state index < -0.39 is 5.91 Å². The molecular formula is C18H23ClN4O3. The molecule has 1 aliphatic heterocycles. The van der Waals surface area contributed by atoms with Crippen LogP contribution in [0.4, 0.5) is 0 Å². The third-order valence-electron chi connectivity index (χ3n) is 4.60. The first-order valence-corrected chi connectivity index (χ1v) is 8.29. The summed E-state index contributed by atoms with van der Waals surface area (Å²) in [6.07, 6.45) is 0.882. The summed E-state index contributed by atoms with van der Waals surface area (Å²) in [5, 5.41) is 6.38. The molecule has 1 aromatic carbocycles. The molecule has 26 heavy (non-hydrogen) atoms. The molecule has 0 bridgehead atoms. The summed E-state index contributed by atoms with van der Waals surface area (Å²) in [6, 6.07) is 11.0. The second-order valence-corrected chi connectivity index (χ2v) is 6.71. The molecule has 140 valence electrons. The number of hydrogen-bond donors (Lipinski definition) is 2. The Morgan fingerprint density at radius 2 is 2.08 bits per heavy atom. The number of likely N-dealkylation sites (tertiary alicyclic amines) is 1. The highest BCUT2D eigenvalue weighted by molar-refractivity contribution is 5.95. The van der Waals surface area contributed by atoms with E-state index in [1.807, 2.05) is 30.3 Å². The highest BCUT2D eigenvalue weighted by Gasteiger charge is 2.34. The number of nitrogens with two attached hydrogens (primary N) is 1. The number of amides is 2. The Morgan fingerprint density at radius 3 is 2.73 bits per heavy atom. The monoisotopic (exact) mass is 378 g/mol. The standard InChI is InChI=1S/C18H22N4O3.ClH/c1-18(11-19)7-8-22(12-18)16(23)10-20-17(24)14-9-15(25-21-14)13-5-3-2-4-6-13;/h2-6,9H,7-8,10-12,19H2,1H3,(H,20,24);1H. The fraction of sp³-hybridized carbons (Fsp3) is 0.389. The van der Waals surface area contributed by atoms with Crippen molar-refractivity contribution in [1.82, 2.24) is 15.4 Å². The van der Waals surface area contributed by atoms with Gasteiger partial charge in [0.15, 0.2) is 11.5 Å². The zero-order chi connectivity index (χ0) is 17.9. The minimum Gasteiger partial charge on any atom is -0.355 e. The van der Waals surface area contributed by atoms with Gasteiger partial charge < -0.3 is 20.5 Å². The van der Waals surface area contributed by atoms with Gasteiger partial charge in [0.25, 0.3) is 5.91 Å². The Hall–Kier alpha value is -2.38. The van der Waals surface area contributed by atoms with Crippen LogP contribution in [0.15, 0.2) is 40.9 Å². The van der Waals surface area contributed by atoms with E-state index in [-0.39, 0.29) is 36.0 Å². The van der Waals surface area contributed by atoms with Gasteiger partial charge in [-0.15, -0.1) is 12.4 Å². The second kappa shape index (κ2) is 8.33. The lowest BCUT2D eigenvalue weighted by atomic mass is 9.90. The van der Waals surface area contributed by atoms with Gasteiger partial charge in [0.05, 0.1) is 6.54 Å². The minimum absolute atomic E-state index is 0. The number of hydrogen-bond acceptors (Lipinski definition) is 5. The van der Waals surface area contributed by atoms with Gasteiger partial charge in [-0.05, 0) is 18.4 Å². The van der Waals surface area contributed by atoms with Crippen molar-refractivity contribution in [2.45, 2.75) is 13.3 Å². The van der Waals surface area contributed by atoms with Gasteiger partial charge in [-0.3, -0.25) is 9.59 Å². The van der Waals surface area contributed by atoms with Gasteiger partial charge in [-0.1, -0.05) is 42.4 Å². The molecule has 0 saturated carbocycles. The first kappa shape index (κ1) is 19.9. The smallest absolute Gasteiger partial charge is 0.273 e. The van der Waals surface area contributed by atoms with Crippen LogP contribution in [0, 0.1) is 5.41 Å². The highest BCUT2D eigenvalue weighted by Crippen LogP contribution is 2.28. The molecule has 0 radical (unpaired) electrons. The zero-order valence-corrected chi connectivity index (χ0v) is 15.4. The maximum atomic E-state index is 12.2. The maximum Gasteiger partial charge on any atom is 0.273 e. The summed E-state index contributed by atoms with van der Waals surface area (Å²) in [5.41, 5.74) is 6.71. The Bertz CT molecular complexity index is 765. The molecule has 1 fully saturated rings. The lowest BCUT2D eigenvalue weighted by Crippen LogP contribution is -2.40. The summed E-state index contributed by atoms with van der Waals surface area (Å²) in [7, 11) is 0. The maximum absolute atomic E-state index is 12.2. The molecule has 8 heteroatoms. The molecule has 3 rings (SSSR count). The predicted molar refractivity (Wildman–Crippen MR) is 99.9 cm³/mol. The second-order valence-electron chi connectivity index (χ2n) is 6.71. The number of benzene rings is 1. The van der Waals surface area contributed by atoms with E-state index in [1.165, 1.54) is 0 Å². The fourth-order valence-corrected chi connectivity index (χ4v) is 2.88. The van der Waals surface area contributed by atoms with Crippen molar-refractivity contribution in [1.29, 1.82) is 0 Å². The molecule has 2 aromatic rings. The van der Waals surface area contributed by atoms with Crippen LogP contribution in [0.2, 0.25) is 0 Å². The molecule has 0 aliphatic carbocycles. The first-order chi connectivity index (χ1) is 12.0. The number of aromatic nitrogens is 1. The summed E-state index contributed by atoms with van der Waals surface area (Å²) >= 11 is 0. The summed E-state index contributed by atoms with van der Waals surface area (Å²) in [4.78, 5) is 26.1. The summed E-state index contributed by atoms with van der Waals surface area (Å²) < 4.78 is 5.20. The topological polar surface area (TPSA) is 101 Å². The van der Waals surface area contributed by atoms with Crippen LogP contribution >= 0.6 is 12.4 Å².